The minimum Gasteiger partial charge on any atom is -0.393 e. The summed E-state index contributed by atoms with van der Waals surface area (Å²) in [6, 6.07) is 0. The predicted molar refractivity (Wildman–Crippen MR) is 53.1 cm³/mol. The lowest BCUT2D eigenvalue weighted by atomic mass is 10.3. The van der Waals surface area contributed by atoms with Gasteiger partial charge in [-0.05, 0) is 0 Å². The van der Waals surface area contributed by atoms with E-state index in [0.717, 1.165) is 0 Å². The number of likely N-dealkylation sites (N-methyl/N-ethyl adjacent to an activating group) is 2. The number of carbonyl (C=O) groups is 2. The first-order valence-electron chi connectivity index (χ1n) is 3.70. The lowest BCUT2D eigenvalue weighted by Crippen LogP contribution is -2.38. The van der Waals surface area contributed by atoms with Crippen molar-refractivity contribution >= 4 is 29.0 Å². The summed E-state index contributed by atoms with van der Waals surface area (Å²) < 4.78 is 0. The lowest BCUT2D eigenvalue weighted by molar-refractivity contribution is -0.133. The number of amides is 2. The van der Waals surface area contributed by atoms with E-state index in [9.17, 15) is 9.59 Å². The van der Waals surface area contributed by atoms with E-state index in [0.29, 0.717) is 0 Å². The number of nitrogens with zero attached hydrogens (tertiary/aromatic N) is 1. The molecule has 0 aromatic heterocycles. The van der Waals surface area contributed by atoms with Crippen LogP contribution in [-0.2, 0) is 9.59 Å². The van der Waals surface area contributed by atoms with Gasteiger partial charge in [-0.25, -0.2) is 0 Å². The first kappa shape index (κ1) is 11.8. The van der Waals surface area contributed by atoms with Crippen LogP contribution in [0.4, 0.5) is 0 Å². The highest BCUT2D eigenvalue weighted by atomic mass is 32.1. The van der Waals surface area contributed by atoms with Crippen LogP contribution in [0.25, 0.3) is 0 Å². The maximum Gasteiger partial charge on any atom is 0.239 e. The van der Waals surface area contributed by atoms with Crippen LogP contribution in [0.15, 0.2) is 0 Å². The lowest BCUT2D eigenvalue weighted by Gasteiger charge is -2.15. The molecule has 0 radical (unpaired) electrons. The average molecular weight is 203 g/mol. The Morgan fingerprint density at radius 1 is 1.54 bits per heavy atom. The molecule has 3 N–H and O–H groups in total. The molecule has 0 fully saturated rings. The van der Waals surface area contributed by atoms with Crippen LogP contribution in [0.5, 0.6) is 0 Å². The zero-order chi connectivity index (χ0) is 10.4. The fourth-order valence-corrected chi connectivity index (χ4v) is 0.790. The zero-order valence-electron chi connectivity index (χ0n) is 7.66. The van der Waals surface area contributed by atoms with E-state index in [-0.39, 0.29) is 29.8 Å². The predicted octanol–water partition coefficient (Wildman–Crippen LogP) is -1.13. The summed E-state index contributed by atoms with van der Waals surface area (Å²) in [7, 11) is 3.03. The fraction of sp³-hybridized carbons (Fsp3) is 0.571. The Kier molecular flexibility index (Phi) is 4.98. The Hall–Kier alpha value is -1.17. The van der Waals surface area contributed by atoms with Gasteiger partial charge in [-0.15, -0.1) is 0 Å². The van der Waals surface area contributed by atoms with Crippen molar-refractivity contribution < 1.29 is 9.59 Å². The molecular weight excluding hydrogens is 190 g/mol. The van der Waals surface area contributed by atoms with Gasteiger partial charge in [0.25, 0.3) is 0 Å². The van der Waals surface area contributed by atoms with Crippen LogP contribution in [0.3, 0.4) is 0 Å². The monoisotopic (exact) mass is 203 g/mol. The van der Waals surface area contributed by atoms with Crippen molar-refractivity contribution in [3.05, 3.63) is 0 Å². The van der Waals surface area contributed by atoms with Crippen molar-refractivity contribution in [1.29, 1.82) is 0 Å². The molecule has 0 atom stereocenters. The minimum atomic E-state index is -0.254. The Morgan fingerprint density at radius 3 is 2.46 bits per heavy atom. The maximum atomic E-state index is 11.2. The molecule has 0 saturated heterocycles. The molecule has 0 unspecified atom stereocenters. The van der Waals surface area contributed by atoms with Gasteiger partial charge in [-0.2, -0.15) is 0 Å². The normalized spacial score (nSPS) is 9.08. The summed E-state index contributed by atoms with van der Waals surface area (Å²) in [6.07, 6.45) is 0.00281. The van der Waals surface area contributed by atoms with Crippen LogP contribution in [0.2, 0.25) is 0 Å². The van der Waals surface area contributed by atoms with Crippen molar-refractivity contribution in [2.24, 2.45) is 5.73 Å². The summed E-state index contributed by atoms with van der Waals surface area (Å²) in [5, 5.41) is 2.41. The first-order chi connectivity index (χ1) is 5.97. The Labute approximate surface area is 82.3 Å². The molecule has 0 heterocycles. The molecular formula is C7H13N3O2S. The summed E-state index contributed by atoms with van der Waals surface area (Å²) in [5.74, 6) is -0.477. The van der Waals surface area contributed by atoms with Crippen LogP contribution in [-0.4, -0.2) is 42.3 Å². The summed E-state index contributed by atoms with van der Waals surface area (Å²) >= 11 is 4.56. The van der Waals surface area contributed by atoms with Crippen LogP contribution in [0.1, 0.15) is 6.42 Å². The highest BCUT2D eigenvalue weighted by molar-refractivity contribution is 7.80. The van der Waals surface area contributed by atoms with Gasteiger partial charge in [0, 0.05) is 14.1 Å². The quantitative estimate of drug-likeness (QED) is 0.567. The second kappa shape index (κ2) is 5.47. The smallest absolute Gasteiger partial charge is 0.239 e. The highest BCUT2D eigenvalue weighted by Gasteiger charge is 2.12. The second-order valence-corrected chi connectivity index (χ2v) is 3.09. The molecule has 74 valence electrons. The molecule has 5 nitrogen and oxygen atoms in total. The Balaban J connectivity index is 3.96. The van der Waals surface area contributed by atoms with Crippen molar-refractivity contribution in [3.8, 4) is 0 Å². The van der Waals surface area contributed by atoms with Gasteiger partial charge in [-0.3, -0.25) is 9.59 Å². The van der Waals surface area contributed by atoms with Crippen molar-refractivity contribution in [2.45, 2.75) is 6.42 Å². The van der Waals surface area contributed by atoms with Crippen LogP contribution < -0.4 is 11.1 Å². The van der Waals surface area contributed by atoms with Crippen LogP contribution >= 0.6 is 12.2 Å². The molecule has 0 aromatic rings. The van der Waals surface area contributed by atoms with E-state index in [1.165, 1.54) is 19.0 Å². The standard InChI is InChI=1S/C7H13N3O2S/c1-9-6(11)4-10(2)7(12)3-5(8)13/h3-4H2,1-2H3,(H2,8,13)(H,9,11). The van der Waals surface area contributed by atoms with E-state index in [2.05, 4.69) is 17.5 Å². The highest BCUT2D eigenvalue weighted by Crippen LogP contribution is 1.90. The van der Waals surface area contributed by atoms with Gasteiger partial charge in [-0.1, -0.05) is 12.2 Å². The average Bonchev–Trinajstić information content (AvgIpc) is 2.02. The van der Waals surface area contributed by atoms with Gasteiger partial charge in [0.05, 0.1) is 18.0 Å². The molecule has 0 spiro atoms. The van der Waals surface area contributed by atoms with E-state index in [1.807, 2.05) is 0 Å². The third-order valence-corrected chi connectivity index (χ3v) is 1.56. The third-order valence-electron chi connectivity index (χ3n) is 1.41. The largest absolute Gasteiger partial charge is 0.393 e. The van der Waals surface area contributed by atoms with Crippen molar-refractivity contribution in [3.63, 3.8) is 0 Å². The van der Waals surface area contributed by atoms with Crippen molar-refractivity contribution in [2.75, 3.05) is 20.6 Å². The summed E-state index contributed by atoms with van der Waals surface area (Å²) in [4.78, 5) is 23.4. The molecule has 2 amide bonds. The third kappa shape index (κ3) is 5.13. The molecule has 0 rings (SSSR count). The van der Waals surface area contributed by atoms with E-state index in [4.69, 9.17) is 5.73 Å². The molecule has 0 aliphatic carbocycles. The number of thiocarbonyl (C=S) groups is 1. The van der Waals surface area contributed by atoms with E-state index in [1.54, 1.807) is 0 Å². The number of nitrogens with two attached hydrogens (primary N) is 1. The fourth-order valence-electron chi connectivity index (χ4n) is 0.667. The van der Waals surface area contributed by atoms with E-state index < -0.39 is 0 Å². The van der Waals surface area contributed by atoms with Crippen LogP contribution in [0, 0.1) is 0 Å². The number of hydrogen-bond acceptors (Lipinski definition) is 3. The molecule has 0 bridgehead atoms. The van der Waals surface area contributed by atoms with Gasteiger partial charge < -0.3 is 16.0 Å². The topological polar surface area (TPSA) is 75.4 Å². The number of hydrogen-bond donors (Lipinski definition) is 2. The Morgan fingerprint density at radius 2 is 2.08 bits per heavy atom. The SMILES string of the molecule is CNC(=O)CN(C)C(=O)CC(N)=S. The molecule has 6 heteroatoms. The minimum absolute atomic E-state index is 0.00281. The molecule has 0 aliphatic rings. The summed E-state index contributed by atoms with van der Waals surface area (Å²) in [5.41, 5.74) is 5.18. The summed E-state index contributed by atoms with van der Waals surface area (Å²) in [6.45, 7) is 0.0257. The van der Waals surface area contributed by atoms with Gasteiger partial charge in [0.15, 0.2) is 0 Å². The second-order valence-electron chi connectivity index (χ2n) is 2.57. The zero-order valence-corrected chi connectivity index (χ0v) is 8.48. The molecule has 0 aromatic carbocycles. The van der Waals surface area contributed by atoms with Gasteiger partial charge in [0.2, 0.25) is 11.8 Å². The number of rotatable bonds is 4. The van der Waals surface area contributed by atoms with Crippen molar-refractivity contribution in [1.82, 2.24) is 10.2 Å². The van der Waals surface area contributed by atoms with E-state index >= 15 is 0 Å². The first-order valence-corrected chi connectivity index (χ1v) is 4.11. The Bertz CT molecular complexity index is 230. The number of nitrogens with one attached hydrogen (secondary N) is 1. The molecule has 0 aliphatic heterocycles. The molecule has 13 heavy (non-hydrogen) atoms. The van der Waals surface area contributed by atoms with Gasteiger partial charge in [0.1, 0.15) is 0 Å². The number of carbonyl (C=O) groups excluding carboxylic acids is 2. The maximum absolute atomic E-state index is 11.2. The molecule has 0 saturated carbocycles. The van der Waals surface area contributed by atoms with Gasteiger partial charge >= 0.3 is 0 Å².